The molecule has 5 N–H and O–H groups in total. The van der Waals surface area contributed by atoms with E-state index < -0.39 is 59.6 Å². The zero-order valence-corrected chi connectivity index (χ0v) is 28.7. The highest BCUT2D eigenvalue weighted by atomic mass is 16.7. The summed E-state index contributed by atoms with van der Waals surface area (Å²) in [6.07, 6.45) is -2.80. The van der Waals surface area contributed by atoms with Crippen molar-refractivity contribution in [2.24, 2.45) is 0 Å². The van der Waals surface area contributed by atoms with Crippen LogP contribution in [0.15, 0.2) is 106 Å². The van der Waals surface area contributed by atoms with Gasteiger partial charge in [0.2, 0.25) is 17.5 Å². The molecule has 4 aromatic carbocycles. The summed E-state index contributed by atoms with van der Waals surface area (Å²) in [5.74, 6) is -2.99. The van der Waals surface area contributed by atoms with Gasteiger partial charge in [0.25, 0.3) is 0 Å². The molecule has 0 aliphatic carbocycles. The molecule has 54 heavy (non-hydrogen) atoms. The number of phenols is 4. The fourth-order valence-electron chi connectivity index (χ4n) is 5.65. The summed E-state index contributed by atoms with van der Waals surface area (Å²) in [5, 5.41) is 51.2. The minimum atomic E-state index is -1.78. The van der Waals surface area contributed by atoms with Crippen LogP contribution >= 0.6 is 0 Å². The van der Waals surface area contributed by atoms with Crippen molar-refractivity contribution in [3.8, 4) is 45.8 Å². The van der Waals surface area contributed by atoms with Crippen molar-refractivity contribution in [1.82, 2.24) is 0 Å². The van der Waals surface area contributed by atoms with E-state index in [1.165, 1.54) is 50.5 Å². The highest BCUT2D eigenvalue weighted by Crippen LogP contribution is 2.38. The van der Waals surface area contributed by atoms with Gasteiger partial charge in [0, 0.05) is 29.8 Å². The Morgan fingerprint density at radius 2 is 1.30 bits per heavy atom. The number of aliphatic hydroxyl groups is 1. The number of fused-ring (bicyclic) bond motifs is 1. The number of aromatic hydroxyl groups is 4. The van der Waals surface area contributed by atoms with Crippen LogP contribution in [0, 0.1) is 0 Å². The Morgan fingerprint density at radius 1 is 0.741 bits per heavy atom. The maximum Gasteiger partial charge on any atom is 0.331 e. The molecule has 0 amide bonds. The number of carbonyl (C=O) groups excluding carboxylic acids is 2. The second kappa shape index (κ2) is 15.9. The zero-order valence-electron chi connectivity index (χ0n) is 28.7. The monoisotopic (exact) mass is 738 g/mol. The molecule has 278 valence electrons. The van der Waals surface area contributed by atoms with Crippen LogP contribution in [0.4, 0.5) is 0 Å². The van der Waals surface area contributed by atoms with E-state index in [1.807, 2.05) is 0 Å². The average molecular weight is 739 g/mol. The van der Waals surface area contributed by atoms with Gasteiger partial charge < -0.3 is 53.6 Å². The molecular weight excluding hydrogens is 704 g/mol. The highest BCUT2D eigenvalue weighted by Gasteiger charge is 2.49. The number of ether oxygens (including phenoxy) is 5. The van der Waals surface area contributed by atoms with Gasteiger partial charge >= 0.3 is 11.9 Å². The predicted octanol–water partition coefficient (Wildman–Crippen LogP) is 5.03. The molecule has 0 unspecified atom stereocenters. The summed E-state index contributed by atoms with van der Waals surface area (Å²) in [6, 6.07) is 20.3. The lowest BCUT2D eigenvalue weighted by atomic mass is 9.99. The van der Waals surface area contributed by atoms with E-state index in [1.54, 1.807) is 48.5 Å². The summed E-state index contributed by atoms with van der Waals surface area (Å²) < 4.78 is 34.6. The molecule has 6 rings (SSSR count). The minimum Gasteiger partial charge on any atom is -0.508 e. The van der Waals surface area contributed by atoms with Crippen molar-refractivity contribution in [2.45, 2.75) is 37.6 Å². The summed E-state index contributed by atoms with van der Waals surface area (Å²) in [5.41, 5.74) is 0.332. The minimum absolute atomic E-state index is 0.0158. The van der Waals surface area contributed by atoms with Crippen molar-refractivity contribution in [3.05, 3.63) is 118 Å². The van der Waals surface area contributed by atoms with Crippen LogP contribution in [-0.2, 0) is 23.8 Å². The van der Waals surface area contributed by atoms with Crippen molar-refractivity contribution in [2.75, 3.05) is 7.11 Å². The van der Waals surface area contributed by atoms with Gasteiger partial charge in [0.1, 0.15) is 45.8 Å². The molecule has 1 fully saturated rings. The quantitative estimate of drug-likeness (QED) is 0.0941. The van der Waals surface area contributed by atoms with Crippen LogP contribution in [-0.4, -0.2) is 75.3 Å². The van der Waals surface area contributed by atoms with Crippen molar-refractivity contribution < 1.29 is 63.2 Å². The Morgan fingerprint density at radius 3 is 1.85 bits per heavy atom. The number of phenolic OH excluding ortho intramolecular Hbond substituents is 4. The fraction of sp³-hybridized carbons (Fsp3) is 0.175. The maximum absolute atomic E-state index is 14.0. The maximum atomic E-state index is 14.0. The second-order valence-electron chi connectivity index (χ2n) is 12.1. The molecule has 0 bridgehead atoms. The second-order valence-corrected chi connectivity index (χ2v) is 12.1. The predicted molar refractivity (Wildman–Crippen MR) is 193 cm³/mol. The Hall–Kier alpha value is -6.77. The van der Waals surface area contributed by atoms with Gasteiger partial charge in [-0.1, -0.05) is 24.3 Å². The molecule has 2 heterocycles. The number of aliphatic hydroxyl groups excluding tert-OH is 1. The molecule has 1 saturated heterocycles. The Labute approximate surface area is 306 Å². The lowest BCUT2D eigenvalue weighted by Crippen LogP contribution is -2.61. The molecule has 5 atom stereocenters. The van der Waals surface area contributed by atoms with Gasteiger partial charge in [-0.15, -0.1) is 0 Å². The first-order valence-corrected chi connectivity index (χ1v) is 16.4. The number of esters is 2. The molecule has 0 radical (unpaired) electrons. The third kappa shape index (κ3) is 8.30. The third-order valence-electron chi connectivity index (χ3n) is 8.37. The van der Waals surface area contributed by atoms with E-state index in [9.17, 15) is 39.9 Å². The number of rotatable bonds is 10. The molecule has 1 aliphatic rings. The summed E-state index contributed by atoms with van der Waals surface area (Å²) in [4.78, 5) is 40.1. The van der Waals surface area contributed by atoms with Crippen LogP contribution < -0.4 is 14.9 Å². The van der Waals surface area contributed by atoms with E-state index in [-0.39, 0.29) is 34.0 Å². The topological polar surface area (TPSA) is 212 Å². The van der Waals surface area contributed by atoms with Gasteiger partial charge in [0.15, 0.2) is 18.0 Å². The van der Waals surface area contributed by atoms with Crippen LogP contribution in [0.1, 0.15) is 18.1 Å². The SMILES string of the molecule is COc1ccc(-c2oc3cc(O)cc(O)c3c(=O)c2O[C@@H]2O[C@@H](C)[C@H](OC(=O)/C=C\c3ccc(O)cc3)[C@@H](O)[C@H]2OC(=O)/C=C\c2ccc(O)cc2)cc1. The number of hydrogen-bond acceptors (Lipinski definition) is 14. The van der Waals surface area contributed by atoms with E-state index in [0.29, 0.717) is 22.4 Å². The molecule has 14 nitrogen and oxygen atoms in total. The summed E-state index contributed by atoms with van der Waals surface area (Å²) >= 11 is 0. The average Bonchev–Trinajstić information content (AvgIpc) is 3.15. The zero-order chi connectivity index (χ0) is 38.5. The van der Waals surface area contributed by atoms with Gasteiger partial charge in [0.05, 0.1) is 13.2 Å². The molecule has 14 heteroatoms. The normalized spacial score (nSPS) is 19.9. The van der Waals surface area contributed by atoms with E-state index in [2.05, 4.69) is 0 Å². The Balaban J connectivity index is 1.36. The molecule has 1 aliphatic heterocycles. The van der Waals surface area contributed by atoms with Crippen molar-refractivity contribution in [3.63, 3.8) is 0 Å². The van der Waals surface area contributed by atoms with E-state index >= 15 is 0 Å². The number of methoxy groups -OCH3 is 1. The van der Waals surface area contributed by atoms with Gasteiger partial charge in [-0.25, -0.2) is 9.59 Å². The first kappa shape index (κ1) is 37.0. The highest BCUT2D eigenvalue weighted by molar-refractivity contribution is 5.89. The van der Waals surface area contributed by atoms with Crippen LogP contribution in [0.2, 0.25) is 0 Å². The Bertz CT molecular complexity index is 2260. The molecule has 0 saturated carbocycles. The van der Waals surface area contributed by atoms with Gasteiger partial charge in [-0.2, -0.15) is 0 Å². The van der Waals surface area contributed by atoms with Crippen molar-refractivity contribution in [1.29, 1.82) is 0 Å². The summed E-state index contributed by atoms with van der Waals surface area (Å²) in [7, 11) is 1.47. The number of carbonyl (C=O) groups is 2. The molecule has 0 spiro atoms. The first-order valence-electron chi connectivity index (χ1n) is 16.4. The van der Waals surface area contributed by atoms with Crippen LogP contribution in [0.3, 0.4) is 0 Å². The summed E-state index contributed by atoms with van der Waals surface area (Å²) in [6.45, 7) is 1.46. The van der Waals surface area contributed by atoms with Crippen LogP contribution in [0.5, 0.6) is 34.5 Å². The van der Waals surface area contributed by atoms with Crippen molar-refractivity contribution >= 4 is 35.1 Å². The van der Waals surface area contributed by atoms with Gasteiger partial charge in [-0.05, 0) is 78.7 Å². The number of hydrogen-bond donors (Lipinski definition) is 5. The first-order chi connectivity index (χ1) is 25.9. The van der Waals surface area contributed by atoms with E-state index in [0.717, 1.165) is 24.3 Å². The number of benzene rings is 4. The lowest BCUT2D eigenvalue weighted by Gasteiger charge is -2.41. The molecule has 5 aromatic rings. The Kier molecular flexibility index (Phi) is 10.9. The molecular formula is C40H34O14. The standard InChI is InChI=1S/C40H34O14/c1-21-36(52-31(45)17-7-22-3-11-25(41)12-4-22)35(48)39(53-32(46)18-8-23-5-13-26(42)14-6-23)40(50-21)54-38-34(47)33-29(44)19-27(43)20-30(33)51-37(38)24-9-15-28(49-2)16-10-24/h3-21,35-36,39-44,48H,1-2H3/b17-7-,18-8-/t21-,35+,36-,39+,40-/m0/s1. The molecule has 1 aromatic heterocycles. The fourth-order valence-corrected chi connectivity index (χ4v) is 5.65. The van der Waals surface area contributed by atoms with Gasteiger partial charge in [-0.3, -0.25) is 4.79 Å². The van der Waals surface area contributed by atoms with Crippen LogP contribution in [0.25, 0.3) is 34.4 Å². The lowest BCUT2D eigenvalue weighted by molar-refractivity contribution is -0.275. The smallest absolute Gasteiger partial charge is 0.331 e. The van der Waals surface area contributed by atoms with E-state index in [4.69, 9.17) is 28.1 Å². The largest absolute Gasteiger partial charge is 0.508 e. The third-order valence-corrected chi connectivity index (χ3v) is 8.37.